The van der Waals surface area contributed by atoms with Crippen LogP contribution < -0.4 is 5.46 Å². The molecule has 0 unspecified atom stereocenters. The lowest BCUT2D eigenvalue weighted by Gasteiger charge is -2.01. The molecule has 2 nitrogen and oxygen atoms in total. The van der Waals surface area contributed by atoms with Gasteiger partial charge in [0.2, 0.25) is 0 Å². The van der Waals surface area contributed by atoms with E-state index in [0.717, 1.165) is 20.1 Å². The molecule has 0 aliphatic carbocycles. The molecule has 0 aliphatic heterocycles. The standard InChI is InChI=1S/C9H8BBrO2S/c1-5-2-3-7(11)8-6(10(12)13)4-14-9(5)8/h2-4,12-13H,1H3. The van der Waals surface area contributed by atoms with Gasteiger partial charge in [0.05, 0.1) is 0 Å². The second kappa shape index (κ2) is 3.66. The van der Waals surface area contributed by atoms with E-state index < -0.39 is 7.12 Å². The van der Waals surface area contributed by atoms with E-state index in [0.29, 0.717) is 5.46 Å². The number of benzene rings is 1. The third-order valence-corrected chi connectivity index (χ3v) is 3.97. The second-order valence-corrected chi connectivity index (χ2v) is 4.87. The zero-order valence-corrected chi connectivity index (χ0v) is 9.89. The van der Waals surface area contributed by atoms with Gasteiger partial charge in [0.15, 0.2) is 0 Å². The van der Waals surface area contributed by atoms with Gasteiger partial charge < -0.3 is 10.0 Å². The molecule has 5 heteroatoms. The Morgan fingerprint density at radius 2 is 2.07 bits per heavy atom. The van der Waals surface area contributed by atoms with Crippen molar-refractivity contribution in [2.24, 2.45) is 0 Å². The summed E-state index contributed by atoms with van der Waals surface area (Å²) in [6.07, 6.45) is 0. The van der Waals surface area contributed by atoms with E-state index in [1.165, 1.54) is 11.3 Å². The lowest BCUT2D eigenvalue weighted by Crippen LogP contribution is -2.28. The van der Waals surface area contributed by atoms with Crippen LogP contribution in [0.25, 0.3) is 10.1 Å². The first-order chi connectivity index (χ1) is 6.61. The Morgan fingerprint density at radius 3 is 2.71 bits per heavy atom. The maximum atomic E-state index is 9.17. The highest BCUT2D eigenvalue weighted by Crippen LogP contribution is 2.29. The van der Waals surface area contributed by atoms with Crippen LogP contribution in [0.3, 0.4) is 0 Å². The molecule has 0 aliphatic rings. The predicted octanol–water partition coefficient (Wildman–Crippen LogP) is 1.65. The summed E-state index contributed by atoms with van der Waals surface area (Å²) in [6.45, 7) is 2.01. The smallest absolute Gasteiger partial charge is 0.423 e. The lowest BCUT2D eigenvalue weighted by atomic mass is 9.80. The molecule has 1 aromatic heterocycles. The summed E-state index contributed by atoms with van der Waals surface area (Å²) in [4.78, 5) is 0. The summed E-state index contributed by atoms with van der Waals surface area (Å²) in [6, 6.07) is 3.94. The molecule has 2 N–H and O–H groups in total. The molecule has 0 saturated heterocycles. The molecular weight excluding hydrogens is 263 g/mol. The van der Waals surface area contributed by atoms with Gasteiger partial charge in [-0.1, -0.05) is 22.0 Å². The molecule has 0 amide bonds. The fourth-order valence-electron chi connectivity index (χ4n) is 1.45. The molecule has 1 aromatic carbocycles. The van der Waals surface area contributed by atoms with Gasteiger partial charge in [-0.2, -0.15) is 0 Å². The average Bonchev–Trinajstić information content (AvgIpc) is 2.56. The summed E-state index contributed by atoms with van der Waals surface area (Å²) in [5.41, 5.74) is 1.72. The maximum Gasteiger partial charge on any atom is 0.489 e. The molecular formula is C9H8BBrO2S. The summed E-state index contributed by atoms with van der Waals surface area (Å²) in [5.74, 6) is 0. The Morgan fingerprint density at radius 1 is 1.36 bits per heavy atom. The Balaban J connectivity index is 2.84. The molecule has 0 saturated carbocycles. The Labute approximate surface area is 94.5 Å². The van der Waals surface area contributed by atoms with Crippen LogP contribution in [0.2, 0.25) is 0 Å². The Kier molecular flexibility index (Phi) is 2.66. The van der Waals surface area contributed by atoms with Gasteiger partial charge >= 0.3 is 7.12 Å². The SMILES string of the molecule is Cc1ccc(Br)c2c(B(O)O)csc12. The molecule has 0 spiro atoms. The molecule has 14 heavy (non-hydrogen) atoms. The van der Waals surface area contributed by atoms with Gasteiger partial charge in [-0.25, -0.2) is 0 Å². The maximum absolute atomic E-state index is 9.17. The van der Waals surface area contributed by atoms with E-state index in [4.69, 9.17) is 10.0 Å². The van der Waals surface area contributed by atoms with Gasteiger partial charge in [-0.3, -0.25) is 0 Å². The van der Waals surface area contributed by atoms with Crippen LogP contribution in [0.5, 0.6) is 0 Å². The Hall–Kier alpha value is -0.355. The number of fused-ring (bicyclic) bond motifs is 1. The first-order valence-corrected chi connectivity index (χ1v) is 5.81. The highest BCUT2D eigenvalue weighted by atomic mass is 79.9. The van der Waals surface area contributed by atoms with Crippen molar-refractivity contribution in [3.05, 3.63) is 27.5 Å². The molecule has 0 fully saturated rings. The number of halogens is 1. The highest BCUT2D eigenvalue weighted by Gasteiger charge is 2.18. The zero-order valence-electron chi connectivity index (χ0n) is 7.49. The fourth-order valence-corrected chi connectivity index (χ4v) is 3.23. The third-order valence-electron chi connectivity index (χ3n) is 2.17. The van der Waals surface area contributed by atoms with Crippen molar-refractivity contribution >= 4 is 49.9 Å². The van der Waals surface area contributed by atoms with Crippen molar-refractivity contribution < 1.29 is 10.0 Å². The van der Waals surface area contributed by atoms with Crippen LogP contribution in [0, 0.1) is 6.92 Å². The molecule has 2 aromatic rings. The Bertz CT molecular complexity index is 481. The van der Waals surface area contributed by atoms with Crippen LogP contribution in [0.15, 0.2) is 22.0 Å². The molecule has 2 rings (SSSR count). The zero-order chi connectivity index (χ0) is 10.3. The van der Waals surface area contributed by atoms with Gasteiger partial charge in [0, 0.05) is 20.0 Å². The van der Waals surface area contributed by atoms with E-state index in [1.807, 2.05) is 19.1 Å². The number of hydrogen-bond donors (Lipinski definition) is 2. The van der Waals surface area contributed by atoms with E-state index in [2.05, 4.69) is 15.9 Å². The topological polar surface area (TPSA) is 40.5 Å². The van der Waals surface area contributed by atoms with Crippen molar-refractivity contribution in [3.63, 3.8) is 0 Å². The van der Waals surface area contributed by atoms with E-state index >= 15 is 0 Å². The number of thiophene rings is 1. The summed E-state index contributed by atoms with van der Waals surface area (Å²) < 4.78 is 2.00. The van der Waals surface area contributed by atoms with Gasteiger partial charge in [0.1, 0.15) is 0 Å². The molecule has 0 radical (unpaired) electrons. The normalized spacial score (nSPS) is 10.9. The molecule has 1 heterocycles. The number of hydrogen-bond acceptors (Lipinski definition) is 3. The summed E-state index contributed by atoms with van der Waals surface area (Å²) in [5, 5.41) is 21.0. The molecule has 72 valence electrons. The van der Waals surface area contributed by atoms with Crippen LogP contribution in [0.4, 0.5) is 0 Å². The van der Waals surface area contributed by atoms with Gasteiger partial charge in [-0.15, -0.1) is 11.3 Å². The third kappa shape index (κ3) is 1.50. The largest absolute Gasteiger partial charge is 0.489 e. The number of rotatable bonds is 1. The monoisotopic (exact) mass is 270 g/mol. The highest BCUT2D eigenvalue weighted by molar-refractivity contribution is 9.10. The summed E-state index contributed by atoms with van der Waals surface area (Å²) in [7, 11) is -1.40. The van der Waals surface area contributed by atoms with Crippen LogP contribution in [-0.4, -0.2) is 17.2 Å². The first-order valence-electron chi connectivity index (χ1n) is 4.13. The van der Waals surface area contributed by atoms with Gasteiger partial charge in [-0.05, 0) is 23.9 Å². The van der Waals surface area contributed by atoms with Crippen molar-refractivity contribution in [1.82, 2.24) is 0 Å². The fraction of sp³-hybridized carbons (Fsp3) is 0.111. The minimum Gasteiger partial charge on any atom is -0.423 e. The average molecular weight is 271 g/mol. The van der Waals surface area contributed by atoms with Crippen molar-refractivity contribution in [2.75, 3.05) is 0 Å². The van der Waals surface area contributed by atoms with E-state index in [9.17, 15) is 0 Å². The molecule has 0 atom stereocenters. The van der Waals surface area contributed by atoms with Crippen molar-refractivity contribution in [3.8, 4) is 0 Å². The van der Waals surface area contributed by atoms with Crippen molar-refractivity contribution in [1.29, 1.82) is 0 Å². The minimum atomic E-state index is -1.40. The van der Waals surface area contributed by atoms with Crippen LogP contribution in [-0.2, 0) is 0 Å². The minimum absolute atomic E-state index is 0.570. The van der Waals surface area contributed by atoms with E-state index in [-0.39, 0.29) is 0 Å². The molecule has 0 bridgehead atoms. The second-order valence-electron chi connectivity index (χ2n) is 3.13. The summed E-state index contributed by atoms with van der Waals surface area (Å²) >= 11 is 4.95. The lowest BCUT2D eigenvalue weighted by molar-refractivity contribution is 0.426. The predicted molar refractivity (Wildman–Crippen MR) is 64.1 cm³/mol. The first kappa shape index (κ1) is 10.2. The quantitative estimate of drug-likeness (QED) is 0.774. The van der Waals surface area contributed by atoms with Crippen LogP contribution >= 0.6 is 27.3 Å². The van der Waals surface area contributed by atoms with Gasteiger partial charge in [0.25, 0.3) is 0 Å². The van der Waals surface area contributed by atoms with E-state index in [1.54, 1.807) is 5.38 Å². The van der Waals surface area contributed by atoms with Crippen molar-refractivity contribution in [2.45, 2.75) is 6.92 Å². The number of aryl methyl sites for hydroxylation is 1. The van der Waals surface area contributed by atoms with Crippen LogP contribution in [0.1, 0.15) is 5.56 Å².